The Hall–Kier alpha value is -1.72. The van der Waals surface area contributed by atoms with E-state index in [1.165, 1.54) is 0 Å². The predicted octanol–water partition coefficient (Wildman–Crippen LogP) is 0.720. The molecule has 6 nitrogen and oxygen atoms in total. The molecule has 0 bridgehead atoms. The zero-order valence-electron chi connectivity index (χ0n) is 9.26. The Morgan fingerprint density at radius 1 is 1.00 bits per heavy atom. The average Bonchev–Trinajstić information content (AvgIpc) is 2.71. The maximum absolute atomic E-state index is 11.5. The van der Waals surface area contributed by atoms with Crippen LogP contribution >= 0.6 is 0 Å². The van der Waals surface area contributed by atoms with Crippen molar-refractivity contribution >= 4 is 23.4 Å². The summed E-state index contributed by atoms with van der Waals surface area (Å²) in [6.07, 6.45) is 0. The molecule has 0 saturated carbocycles. The van der Waals surface area contributed by atoms with Gasteiger partial charge in [0.05, 0.1) is 11.4 Å². The van der Waals surface area contributed by atoms with Crippen LogP contribution in [-0.2, 0) is 19.3 Å². The molecule has 0 saturated heterocycles. The van der Waals surface area contributed by atoms with E-state index in [1.807, 2.05) is 0 Å². The first-order chi connectivity index (χ1) is 7.52. The molecular formula is C10H12N2O4. The van der Waals surface area contributed by atoms with Crippen molar-refractivity contribution in [1.29, 1.82) is 0 Å². The first-order valence-electron chi connectivity index (χ1n) is 5.03. The lowest BCUT2D eigenvalue weighted by atomic mass is 9.79. The third kappa shape index (κ3) is 1.50. The minimum atomic E-state index is -0.485. The number of nitrogens with zero attached hydrogens (tertiary/aromatic N) is 2. The van der Waals surface area contributed by atoms with Crippen molar-refractivity contribution in [3.8, 4) is 0 Å². The van der Waals surface area contributed by atoms with E-state index in [2.05, 4.69) is 20.0 Å². The third-order valence-electron chi connectivity index (χ3n) is 3.02. The Labute approximate surface area is 92.3 Å². The molecule has 0 N–H and O–H groups in total. The number of rotatable bonds is 2. The lowest BCUT2D eigenvalue weighted by Gasteiger charge is -2.19. The van der Waals surface area contributed by atoms with Crippen molar-refractivity contribution in [2.24, 2.45) is 28.1 Å². The molecule has 0 fully saturated rings. The maximum atomic E-state index is 11.5. The van der Waals surface area contributed by atoms with E-state index >= 15 is 0 Å². The second kappa shape index (κ2) is 3.70. The largest absolute Gasteiger partial charge is 0.344 e. The molecule has 2 aliphatic heterocycles. The van der Waals surface area contributed by atoms with Crippen molar-refractivity contribution in [2.75, 3.05) is 0 Å². The van der Waals surface area contributed by atoms with E-state index in [1.54, 1.807) is 20.8 Å². The van der Waals surface area contributed by atoms with Crippen LogP contribution in [-0.4, -0.2) is 23.4 Å². The van der Waals surface area contributed by atoms with Crippen molar-refractivity contribution in [2.45, 2.75) is 20.8 Å². The van der Waals surface area contributed by atoms with Crippen LogP contribution in [0.15, 0.2) is 10.3 Å². The standard InChI is InChI=1S/C10H12N2O4/c1-4(7-5(2)11-15-9(7)13)8-6(3)12-16-10(8)14/h4,7-8H,1-3H3. The monoisotopic (exact) mass is 224 g/mol. The van der Waals surface area contributed by atoms with E-state index in [4.69, 9.17) is 0 Å². The molecule has 2 heterocycles. The predicted molar refractivity (Wildman–Crippen MR) is 54.5 cm³/mol. The smallest absolute Gasteiger partial charge is 0.318 e. The Morgan fingerprint density at radius 2 is 1.38 bits per heavy atom. The molecule has 86 valence electrons. The number of carbonyl (C=O) groups is 2. The van der Waals surface area contributed by atoms with Gasteiger partial charge in [0.1, 0.15) is 11.8 Å². The first-order valence-corrected chi connectivity index (χ1v) is 5.03. The molecule has 2 atom stereocenters. The van der Waals surface area contributed by atoms with Gasteiger partial charge in [-0.25, -0.2) is 9.59 Å². The van der Waals surface area contributed by atoms with Gasteiger partial charge in [-0.1, -0.05) is 17.2 Å². The van der Waals surface area contributed by atoms with Crippen LogP contribution in [0.5, 0.6) is 0 Å². The Morgan fingerprint density at radius 3 is 1.62 bits per heavy atom. The van der Waals surface area contributed by atoms with E-state index in [9.17, 15) is 9.59 Å². The van der Waals surface area contributed by atoms with E-state index in [-0.39, 0.29) is 5.92 Å². The summed E-state index contributed by atoms with van der Waals surface area (Å²) >= 11 is 0. The van der Waals surface area contributed by atoms with Gasteiger partial charge >= 0.3 is 11.9 Å². The molecule has 6 heteroatoms. The molecule has 2 aliphatic rings. The molecule has 0 amide bonds. The SMILES string of the molecule is CC1=NOC(=O)C1C(C)C1C(=O)ON=C1C. The van der Waals surface area contributed by atoms with Gasteiger partial charge in [0.25, 0.3) is 0 Å². The second-order valence-corrected chi connectivity index (χ2v) is 4.10. The summed E-state index contributed by atoms with van der Waals surface area (Å²) in [7, 11) is 0. The van der Waals surface area contributed by atoms with E-state index < -0.39 is 23.8 Å². The Kier molecular flexibility index (Phi) is 2.49. The van der Waals surface area contributed by atoms with Crippen LogP contribution in [0.3, 0.4) is 0 Å². The fraction of sp³-hybridized carbons (Fsp3) is 0.600. The molecule has 0 aromatic carbocycles. The lowest BCUT2D eigenvalue weighted by molar-refractivity contribution is -0.147. The van der Waals surface area contributed by atoms with Gasteiger partial charge in [-0.15, -0.1) is 0 Å². The molecule has 16 heavy (non-hydrogen) atoms. The quantitative estimate of drug-likeness (QED) is 0.647. The van der Waals surface area contributed by atoms with Gasteiger partial charge in [-0.3, -0.25) is 0 Å². The summed E-state index contributed by atoms with van der Waals surface area (Å²) in [6.45, 7) is 5.21. The third-order valence-corrected chi connectivity index (χ3v) is 3.02. The molecule has 0 aromatic rings. The van der Waals surface area contributed by atoms with Gasteiger partial charge in [-0.05, 0) is 19.8 Å². The highest BCUT2D eigenvalue weighted by Crippen LogP contribution is 2.31. The van der Waals surface area contributed by atoms with Crippen LogP contribution in [0.2, 0.25) is 0 Å². The highest BCUT2D eigenvalue weighted by molar-refractivity contribution is 6.08. The normalized spacial score (nSPS) is 30.7. The zero-order valence-corrected chi connectivity index (χ0v) is 9.26. The van der Waals surface area contributed by atoms with Crippen LogP contribution in [0, 0.1) is 17.8 Å². The molecule has 0 aliphatic carbocycles. The molecule has 0 aromatic heterocycles. The van der Waals surface area contributed by atoms with Crippen LogP contribution < -0.4 is 0 Å². The van der Waals surface area contributed by atoms with Crippen molar-refractivity contribution in [3.05, 3.63) is 0 Å². The Bertz CT molecular complexity index is 375. The Balaban J connectivity index is 2.22. The van der Waals surface area contributed by atoms with Crippen LogP contribution in [0.1, 0.15) is 20.8 Å². The summed E-state index contributed by atoms with van der Waals surface area (Å²) in [5.74, 6) is -2.06. The van der Waals surface area contributed by atoms with Crippen molar-refractivity contribution < 1.29 is 19.3 Å². The van der Waals surface area contributed by atoms with Crippen LogP contribution in [0.25, 0.3) is 0 Å². The number of carbonyl (C=O) groups excluding carboxylic acids is 2. The van der Waals surface area contributed by atoms with Crippen molar-refractivity contribution in [1.82, 2.24) is 0 Å². The summed E-state index contributed by atoms with van der Waals surface area (Å²) < 4.78 is 0. The topological polar surface area (TPSA) is 77.3 Å². The summed E-state index contributed by atoms with van der Waals surface area (Å²) in [5, 5.41) is 7.23. The van der Waals surface area contributed by atoms with Crippen molar-refractivity contribution in [3.63, 3.8) is 0 Å². The van der Waals surface area contributed by atoms with Gasteiger partial charge in [0.15, 0.2) is 0 Å². The zero-order chi connectivity index (χ0) is 11.9. The highest BCUT2D eigenvalue weighted by Gasteiger charge is 2.45. The van der Waals surface area contributed by atoms with Gasteiger partial charge in [0.2, 0.25) is 0 Å². The average molecular weight is 224 g/mol. The minimum absolute atomic E-state index is 0.252. The second-order valence-electron chi connectivity index (χ2n) is 4.10. The number of oxime groups is 2. The minimum Gasteiger partial charge on any atom is -0.318 e. The van der Waals surface area contributed by atoms with Gasteiger partial charge in [0, 0.05) is 0 Å². The molecule has 0 spiro atoms. The van der Waals surface area contributed by atoms with E-state index in [0.717, 1.165) is 0 Å². The van der Waals surface area contributed by atoms with Gasteiger partial charge < -0.3 is 9.68 Å². The number of hydrogen-bond donors (Lipinski definition) is 0. The summed E-state index contributed by atoms with van der Waals surface area (Å²) in [4.78, 5) is 32.1. The highest BCUT2D eigenvalue weighted by atomic mass is 16.7. The van der Waals surface area contributed by atoms with Gasteiger partial charge in [-0.2, -0.15) is 0 Å². The maximum Gasteiger partial charge on any atom is 0.344 e. The fourth-order valence-corrected chi connectivity index (χ4v) is 2.18. The molecule has 2 rings (SSSR count). The summed E-state index contributed by atoms with van der Waals surface area (Å²) in [5.41, 5.74) is 1.18. The fourth-order valence-electron chi connectivity index (χ4n) is 2.18. The molecule has 0 radical (unpaired) electrons. The molecule has 2 unspecified atom stereocenters. The number of hydrogen-bond acceptors (Lipinski definition) is 6. The van der Waals surface area contributed by atoms with E-state index in [0.29, 0.717) is 11.4 Å². The van der Waals surface area contributed by atoms with Crippen LogP contribution in [0.4, 0.5) is 0 Å². The molecular weight excluding hydrogens is 212 g/mol. The first kappa shape index (κ1) is 10.8. The lowest BCUT2D eigenvalue weighted by Crippen LogP contribution is -2.35. The summed E-state index contributed by atoms with van der Waals surface area (Å²) in [6, 6.07) is 0.